The molecule has 0 rings (SSSR count). The molecule has 11 heavy (non-hydrogen) atoms. The first-order valence-electron chi connectivity index (χ1n) is 4.09. The van der Waals surface area contributed by atoms with Crippen LogP contribution >= 0.6 is 0 Å². The van der Waals surface area contributed by atoms with E-state index in [4.69, 9.17) is 6.57 Å². The summed E-state index contributed by atoms with van der Waals surface area (Å²) in [6.45, 7) is 12.5. The average molecular weight is 155 g/mol. The second kappa shape index (κ2) is 4.35. The quantitative estimate of drug-likeness (QED) is 0.619. The van der Waals surface area contributed by atoms with E-state index >= 15 is 0 Å². The maximum Gasteiger partial charge on any atom is 0.331 e. The van der Waals surface area contributed by atoms with E-state index < -0.39 is 5.72 Å². The highest BCUT2D eigenvalue weighted by Crippen LogP contribution is 2.16. The third-order valence-corrected chi connectivity index (χ3v) is 1.67. The number of aliphatic hydroxyl groups is 1. The molecule has 0 aliphatic carbocycles. The van der Waals surface area contributed by atoms with E-state index in [-0.39, 0.29) is 0 Å². The van der Waals surface area contributed by atoms with Gasteiger partial charge in [-0.25, -0.2) is 6.57 Å². The van der Waals surface area contributed by atoms with Crippen LogP contribution in [0.15, 0.2) is 0 Å². The van der Waals surface area contributed by atoms with Crippen molar-refractivity contribution in [2.45, 2.75) is 45.8 Å². The number of hydrogen-bond donors (Lipinski definition) is 1. The van der Waals surface area contributed by atoms with Crippen LogP contribution in [0.5, 0.6) is 0 Å². The Labute approximate surface area is 69.1 Å². The minimum Gasteiger partial charge on any atom is -0.324 e. The van der Waals surface area contributed by atoms with Gasteiger partial charge in [-0.15, -0.1) is 0 Å². The van der Waals surface area contributed by atoms with Gasteiger partial charge in [0, 0.05) is 6.92 Å². The molecule has 0 heterocycles. The molecule has 0 spiro atoms. The molecule has 64 valence electrons. The minimum atomic E-state index is -1.13. The standard InChI is InChI=1S/C9H17NO/c1-8(2)6-5-7-9(3,11)10-4/h8,11H,5-7H2,1-3H3. The van der Waals surface area contributed by atoms with Gasteiger partial charge in [-0.2, -0.15) is 0 Å². The van der Waals surface area contributed by atoms with E-state index in [0.29, 0.717) is 12.3 Å². The molecule has 0 amide bonds. The summed E-state index contributed by atoms with van der Waals surface area (Å²) in [7, 11) is 0. The van der Waals surface area contributed by atoms with Gasteiger partial charge in [-0.3, -0.25) is 4.85 Å². The van der Waals surface area contributed by atoms with Gasteiger partial charge in [0.2, 0.25) is 0 Å². The summed E-state index contributed by atoms with van der Waals surface area (Å²) in [4.78, 5) is 3.12. The third-order valence-electron chi connectivity index (χ3n) is 1.67. The highest BCUT2D eigenvalue weighted by atomic mass is 16.3. The van der Waals surface area contributed by atoms with Crippen molar-refractivity contribution in [1.82, 2.24) is 0 Å². The summed E-state index contributed by atoms with van der Waals surface area (Å²) in [5.74, 6) is 0.663. The monoisotopic (exact) mass is 155 g/mol. The Kier molecular flexibility index (Phi) is 4.14. The molecule has 0 aliphatic heterocycles. The van der Waals surface area contributed by atoms with E-state index in [9.17, 15) is 5.11 Å². The Balaban J connectivity index is 3.48. The fourth-order valence-electron chi connectivity index (χ4n) is 0.901. The maximum atomic E-state index is 9.28. The first-order chi connectivity index (χ1) is 4.98. The zero-order valence-electron chi connectivity index (χ0n) is 7.59. The Morgan fingerprint density at radius 2 is 2.09 bits per heavy atom. The second-order valence-electron chi connectivity index (χ2n) is 3.61. The van der Waals surface area contributed by atoms with Crippen molar-refractivity contribution in [2.75, 3.05) is 0 Å². The largest absolute Gasteiger partial charge is 0.331 e. The van der Waals surface area contributed by atoms with Gasteiger partial charge in [0.15, 0.2) is 0 Å². The summed E-state index contributed by atoms with van der Waals surface area (Å²) in [6.07, 6.45) is 2.62. The lowest BCUT2D eigenvalue weighted by atomic mass is 10.0. The van der Waals surface area contributed by atoms with Crippen molar-refractivity contribution in [2.24, 2.45) is 5.92 Å². The summed E-state index contributed by atoms with van der Waals surface area (Å²) in [6, 6.07) is 0. The van der Waals surface area contributed by atoms with Gasteiger partial charge < -0.3 is 5.11 Å². The minimum absolute atomic E-state index is 0.592. The van der Waals surface area contributed by atoms with Crippen LogP contribution in [0.4, 0.5) is 0 Å². The zero-order valence-corrected chi connectivity index (χ0v) is 7.59. The van der Waals surface area contributed by atoms with Crippen LogP contribution in [0.25, 0.3) is 4.85 Å². The van der Waals surface area contributed by atoms with Gasteiger partial charge in [0.1, 0.15) is 0 Å². The SMILES string of the molecule is [C-]#[N+]C(C)(O)CCCC(C)C. The molecule has 2 nitrogen and oxygen atoms in total. The van der Waals surface area contributed by atoms with E-state index in [2.05, 4.69) is 18.7 Å². The zero-order chi connectivity index (χ0) is 8.91. The summed E-state index contributed by atoms with van der Waals surface area (Å²) in [5.41, 5.74) is -1.13. The van der Waals surface area contributed by atoms with Crippen molar-refractivity contribution in [3.05, 3.63) is 11.4 Å². The molecule has 0 radical (unpaired) electrons. The fraction of sp³-hybridized carbons (Fsp3) is 0.889. The Morgan fingerprint density at radius 1 is 1.55 bits per heavy atom. The molecule has 1 atom stereocenters. The first-order valence-corrected chi connectivity index (χ1v) is 4.09. The van der Waals surface area contributed by atoms with E-state index in [1.807, 2.05) is 0 Å². The van der Waals surface area contributed by atoms with Crippen LogP contribution in [0, 0.1) is 12.5 Å². The summed E-state index contributed by atoms with van der Waals surface area (Å²) < 4.78 is 0. The predicted molar refractivity (Wildman–Crippen MR) is 45.9 cm³/mol. The van der Waals surface area contributed by atoms with Crippen molar-refractivity contribution in [1.29, 1.82) is 0 Å². The van der Waals surface area contributed by atoms with Crippen LogP contribution in [-0.4, -0.2) is 10.8 Å². The van der Waals surface area contributed by atoms with Crippen molar-refractivity contribution in [3.63, 3.8) is 0 Å². The van der Waals surface area contributed by atoms with Crippen LogP contribution in [0.1, 0.15) is 40.0 Å². The predicted octanol–water partition coefficient (Wildman–Crippen LogP) is 2.44. The highest BCUT2D eigenvalue weighted by molar-refractivity contribution is 4.81. The summed E-state index contributed by atoms with van der Waals surface area (Å²) >= 11 is 0. The van der Waals surface area contributed by atoms with Crippen molar-refractivity contribution < 1.29 is 5.11 Å². The fourth-order valence-corrected chi connectivity index (χ4v) is 0.901. The van der Waals surface area contributed by atoms with Crippen molar-refractivity contribution in [3.8, 4) is 0 Å². The van der Waals surface area contributed by atoms with E-state index in [1.165, 1.54) is 0 Å². The van der Waals surface area contributed by atoms with E-state index in [0.717, 1.165) is 12.8 Å². The van der Waals surface area contributed by atoms with E-state index in [1.54, 1.807) is 6.92 Å². The lowest BCUT2D eigenvalue weighted by molar-refractivity contribution is 0.0948. The van der Waals surface area contributed by atoms with Gasteiger partial charge in [0.05, 0.1) is 6.42 Å². The number of rotatable bonds is 4. The van der Waals surface area contributed by atoms with Gasteiger partial charge in [0.25, 0.3) is 0 Å². The molecule has 0 fully saturated rings. The van der Waals surface area contributed by atoms with Gasteiger partial charge >= 0.3 is 5.72 Å². The number of hydrogen-bond acceptors (Lipinski definition) is 1. The topological polar surface area (TPSA) is 24.6 Å². The van der Waals surface area contributed by atoms with Crippen LogP contribution in [0.3, 0.4) is 0 Å². The van der Waals surface area contributed by atoms with Gasteiger partial charge in [-0.05, 0) is 12.3 Å². The van der Waals surface area contributed by atoms with Gasteiger partial charge in [-0.1, -0.05) is 20.3 Å². The third kappa shape index (κ3) is 5.87. The molecule has 0 aliphatic rings. The molecule has 1 N–H and O–H groups in total. The first kappa shape index (κ1) is 10.4. The molecule has 0 aromatic rings. The molecule has 0 aromatic carbocycles. The molecule has 1 unspecified atom stereocenters. The Morgan fingerprint density at radius 3 is 2.45 bits per heavy atom. The highest BCUT2D eigenvalue weighted by Gasteiger charge is 2.24. The van der Waals surface area contributed by atoms with Crippen molar-refractivity contribution >= 4 is 0 Å². The Hall–Kier alpha value is -0.550. The Bertz CT molecular complexity index is 144. The summed E-state index contributed by atoms with van der Waals surface area (Å²) in [5, 5.41) is 9.28. The average Bonchev–Trinajstić information content (AvgIpc) is 1.87. The molecule has 0 saturated heterocycles. The molecular formula is C9H17NO. The van der Waals surface area contributed by atoms with Crippen LogP contribution < -0.4 is 0 Å². The number of nitrogens with zero attached hydrogens (tertiary/aromatic N) is 1. The smallest absolute Gasteiger partial charge is 0.324 e. The lowest BCUT2D eigenvalue weighted by Crippen LogP contribution is -2.18. The maximum absolute atomic E-state index is 9.28. The molecular weight excluding hydrogens is 138 g/mol. The van der Waals surface area contributed by atoms with Crippen LogP contribution in [-0.2, 0) is 0 Å². The molecule has 0 aromatic heterocycles. The molecule has 0 saturated carbocycles. The normalized spacial score (nSPS) is 16.0. The lowest BCUT2D eigenvalue weighted by Gasteiger charge is -2.09. The molecule has 2 heteroatoms. The van der Waals surface area contributed by atoms with Crippen LogP contribution in [0.2, 0.25) is 0 Å². The molecule has 0 bridgehead atoms. The second-order valence-corrected chi connectivity index (χ2v) is 3.61.